The maximum absolute atomic E-state index is 13.2. The van der Waals surface area contributed by atoms with Crippen LogP contribution in [-0.2, 0) is 9.59 Å². The van der Waals surface area contributed by atoms with Crippen LogP contribution < -0.4 is 15.0 Å². The first-order chi connectivity index (χ1) is 12.4. The van der Waals surface area contributed by atoms with Gasteiger partial charge in [-0.1, -0.05) is 12.1 Å². The van der Waals surface area contributed by atoms with Crippen molar-refractivity contribution in [2.24, 2.45) is 0 Å². The molecule has 1 atom stereocenters. The lowest BCUT2D eigenvalue weighted by molar-refractivity contribution is -0.121. The molecule has 0 bridgehead atoms. The van der Waals surface area contributed by atoms with Crippen LogP contribution in [0.2, 0.25) is 0 Å². The Morgan fingerprint density at radius 2 is 1.92 bits per heavy atom. The van der Waals surface area contributed by atoms with Crippen molar-refractivity contribution in [1.82, 2.24) is 4.90 Å². The number of fused-ring (bicyclic) bond motifs is 1. The lowest BCUT2D eigenvalue weighted by Gasteiger charge is -2.27. The van der Waals surface area contributed by atoms with Gasteiger partial charge in [-0.15, -0.1) is 0 Å². The molecular weight excluding hydrogens is 337 g/mol. The van der Waals surface area contributed by atoms with Crippen LogP contribution in [0.15, 0.2) is 42.5 Å². The van der Waals surface area contributed by atoms with Gasteiger partial charge in [0.15, 0.2) is 6.61 Å². The molecule has 26 heavy (non-hydrogen) atoms. The number of carbonyl (C=O) groups is 2. The van der Waals surface area contributed by atoms with Gasteiger partial charge in [-0.05, 0) is 50.0 Å². The first-order valence-corrected chi connectivity index (χ1v) is 8.13. The highest BCUT2D eigenvalue weighted by Gasteiger charge is 2.25. The van der Waals surface area contributed by atoms with E-state index in [1.54, 1.807) is 56.4 Å². The number of hydrogen-bond donors (Lipinski definition) is 1. The third kappa shape index (κ3) is 3.52. The number of hydrogen-bond acceptors (Lipinski definition) is 4. The van der Waals surface area contributed by atoms with Crippen LogP contribution in [0.5, 0.6) is 5.75 Å². The maximum atomic E-state index is 13.2. The molecular formula is C19H20FN3O3. The molecule has 1 aliphatic rings. The SMILES string of the molecule is CN1C(=O)COc2ccc(NC(=O)C(c3ccc(F)cc3)N(C)C)cc21. The number of ether oxygens (including phenoxy) is 1. The Morgan fingerprint density at radius 1 is 1.23 bits per heavy atom. The average Bonchev–Trinajstić information content (AvgIpc) is 2.60. The summed E-state index contributed by atoms with van der Waals surface area (Å²) in [6.07, 6.45) is 0. The highest BCUT2D eigenvalue weighted by molar-refractivity contribution is 6.00. The van der Waals surface area contributed by atoms with Crippen molar-refractivity contribution in [2.45, 2.75) is 6.04 Å². The van der Waals surface area contributed by atoms with Crippen LogP contribution in [0.25, 0.3) is 0 Å². The van der Waals surface area contributed by atoms with E-state index in [1.807, 2.05) is 0 Å². The summed E-state index contributed by atoms with van der Waals surface area (Å²) >= 11 is 0. The van der Waals surface area contributed by atoms with Crippen LogP contribution in [0.3, 0.4) is 0 Å². The molecule has 0 spiro atoms. The van der Waals surface area contributed by atoms with E-state index >= 15 is 0 Å². The molecule has 0 saturated carbocycles. The number of nitrogens with one attached hydrogen (secondary N) is 1. The zero-order valence-electron chi connectivity index (χ0n) is 14.8. The average molecular weight is 357 g/mol. The van der Waals surface area contributed by atoms with Crippen LogP contribution in [0.1, 0.15) is 11.6 Å². The summed E-state index contributed by atoms with van der Waals surface area (Å²) < 4.78 is 18.6. The van der Waals surface area contributed by atoms with Gasteiger partial charge >= 0.3 is 0 Å². The van der Waals surface area contributed by atoms with E-state index in [2.05, 4.69) is 5.32 Å². The monoisotopic (exact) mass is 357 g/mol. The van der Waals surface area contributed by atoms with Crippen molar-refractivity contribution in [3.8, 4) is 5.75 Å². The molecule has 6 nitrogen and oxygen atoms in total. The fourth-order valence-corrected chi connectivity index (χ4v) is 2.89. The summed E-state index contributed by atoms with van der Waals surface area (Å²) in [5, 5.41) is 2.85. The Bertz CT molecular complexity index is 836. The number of amides is 2. The summed E-state index contributed by atoms with van der Waals surface area (Å²) in [5.41, 5.74) is 1.83. The van der Waals surface area contributed by atoms with E-state index in [9.17, 15) is 14.0 Å². The molecule has 1 N–H and O–H groups in total. The summed E-state index contributed by atoms with van der Waals surface area (Å²) in [6.45, 7) is 0.00246. The summed E-state index contributed by atoms with van der Waals surface area (Å²) in [5.74, 6) is -0.174. The maximum Gasteiger partial charge on any atom is 0.264 e. The molecule has 0 aromatic heterocycles. The molecule has 2 aromatic rings. The number of nitrogens with zero attached hydrogens (tertiary/aromatic N) is 2. The Kier molecular flexibility index (Phi) is 4.90. The minimum absolute atomic E-state index is 0.00246. The van der Waals surface area contributed by atoms with Gasteiger partial charge in [-0.25, -0.2) is 4.39 Å². The highest BCUT2D eigenvalue weighted by Crippen LogP contribution is 2.34. The van der Waals surface area contributed by atoms with E-state index in [-0.39, 0.29) is 24.2 Å². The number of likely N-dealkylation sites (N-methyl/N-ethyl adjacent to an activating group) is 2. The molecule has 1 unspecified atom stereocenters. The van der Waals surface area contributed by atoms with Crippen molar-refractivity contribution in [3.63, 3.8) is 0 Å². The van der Waals surface area contributed by atoms with Crippen LogP contribution in [0, 0.1) is 5.82 Å². The lowest BCUT2D eigenvalue weighted by Crippen LogP contribution is -2.35. The van der Waals surface area contributed by atoms with E-state index in [4.69, 9.17) is 4.74 Å². The molecule has 2 aromatic carbocycles. The predicted octanol–water partition coefficient (Wildman–Crippen LogP) is 2.42. The van der Waals surface area contributed by atoms with Crippen LogP contribution >= 0.6 is 0 Å². The Hall–Kier alpha value is -2.93. The molecule has 0 fully saturated rings. The highest BCUT2D eigenvalue weighted by atomic mass is 19.1. The van der Waals surface area contributed by atoms with Crippen LogP contribution in [0.4, 0.5) is 15.8 Å². The van der Waals surface area contributed by atoms with Gasteiger partial charge in [0.25, 0.3) is 5.91 Å². The zero-order chi connectivity index (χ0) is 18.8. The van der Waals surface area contributed by atoms with Gasteiger partial charge in [-0.2, -0.15) is 0 Å². The summed E-state index contributed by atoms with van der Waals surface area (Å²) in [7, 11) is 5.22. The zero-order valence-corrected chi connectivity index (χ0v) is 14.8. The van der Waals surface area contributed by atoms with Gasteiger partial charge in [0.1, 0.15) is 17.6 Å². The summed E-state index contributed by atoms with van der Waals surface area (Å²) in [6, 6.07) is 10.4. The van der Waals surface area contributed by atoms with E-state index in [1.165, 1.54) is 17.0 Å². The Balaban J connectivity index is 1.84. The van der Waals surface area contributed by atoms with Crippen molar-refractivity contribution in [1.29, 1.82) is 0 Å². The molecule has 1 aliphatic heterocycles. The molecule has 136 valence electrons. The molecule has 3 rings (SSSR count). The lowest BCUT2D eigenvalue weighted by atomic mass is 10.0. The smallest absolute Gasteiger partial charge is 0.264 e. The third-order valence-corrected chi connectivity index (χ3v) is 4.26. The van der Waals surface area contributed by atoms with Crippen LogP contribution in [-0.4, -0.2) is 44.5 Å². The van der Waals surface area contributed by atoms with Gasteiger partial charge in [0.05, 0.1) is 5.69 Å². The molecule has 1 heterocycles. The largest absolute Gasteiger partial charge is 0.482 e. The first-order valence-electron chi connectivity index (χ1n) is 8.13. The number of anilines is 2. The first kappa shape index (κ1) is 17.9. The minimum atomic E-state index is -0.581. The normalized spacial score (nSPS) is 14.7. The van der Waals surface area contributed by atoms with Crippen molar-refractivity contribution in [2.75, 3.05) is 38.0 Å². The minimum Gasteiger partial charge on any atom is -0.482 e. The van der Waals surface area contributed by atoms with E-state index in [0.717, 1.165) is 0 Å². The summed E-state index contributed by atoms with van der Waals surface area (Å²) in [4.78, 5) is 27.8. The fraction of sp³-hybridized carbons (Fsp3) is 0.263. The topological polar surface area (TPSA) is 61.9 Å². The number of halogens is 1. The quantitative estimate of drug-likeness (QED) is 0.913. The second-order valence-corrected chi connectivity index (χ2v) is 6.33. The third-order valence-electron chi connectivity index (χ3n) is 4.26. The molecule has 7 heteroatoms. The number of rotatable bonds is 4. The van der Waals surface area contributed by atoms with Gasteiger partial charge in [0, 0.05) is 12.7 Å². The van der Waals surface area contributed by atoms with E-state index in [0.29, 0.717) is 22.7 Å². The fourth-order valence-electron chi connectivity index (χ4n) is 2.89. The molecule has 0 saturated heterocycles. The Morgan fingerprint density at radius 3 is 2.58 bits per heavy atom. The van der Waals surface area contributed by atoms with Crippen molar-refractivity contribution < 1.29 is 18.7 Å². The van der Waals surface area contributed by atoms with Crippen molar-refractivity contribution >= 4 is 23.2 Å². The van der Waals surface area contributed by atoms with Crippen molar-refractivity contribution in [3.05, 3.63) is 53.8 Å². The predicted molar refractivity (Wildman–Crippen MR) is 96.8 cm³/mol. The standard InChI is InChI=1S/C19H20FN3O3/c1-22(2)18(12-4-6-13(20)7-5-12)19(25)21-14-8-9-16-15(10-14)23(3)17(24)11-26-16/h4-10,18H,11H2,1-3H3,(H,21,25). The molecule has 2 amide bonds. The number of carbonyl (C=O) groups excluding carboxylic acids is 2. The van der Waals surface area contributed by atoms with E-state index < -0.39 is 6.04 Å². The van der Waals surface area contributed by atoms with Gasteiger partial charge < -0.3 is 15.0 Å². The number of benzene rings is 2. The second-order valence-electron chi connectivity index (χ2n) is 6.33. The molecule has 0 radical (unpaired) electrons. The molecule has 0 aliphatic carbocycles. The second kappa shape index (κ2) is 7.13. The van der Waals surface area contributed by atoms with Gasteiger partial charge in [0.2, 0.25) is 5.91 Å². The Labute approximate surface area is 151 Å². The van der Waals surface area contributed by atoms with Gasteiger partial charge in [-0.3, -0.25) is 14.5 Å².